The van der Waals surface area contributed by atoms with Gasteiger partial charge in [-0.25, -0.2) is 0 Å². The SMILES string of the molecule is Cn1ncc2cc(Cc3c(-c4noc(C(F)(F)F)n4)cc[nH]c3=O)ccc21. The third-order valence-corrected chi connectivity index (χ3v) is 4.16. The Labute approximate surface area is 149 Å². The standard InChI is InChI=1S/C17H12F3N5O2/c1-25-13-3-2-9(6-10(13)8-22-25)7-12-11(4-5-21-15(12)26)14-23-16(27-24-14)17(18,19)20/h2-6,8H,7H2,1H3,(H,21,26). The Morgan fingerprint density at radius 2 is 2.07 bits per heavy atom. The molecule has 27 heavy (non-hydrogen) atoms. The van der Waals surface area contributed by atoms with Crippen molar-refractivity contribution in [2.24, 2.45) is 7.05 Å². The lowest BCUT2D eigenvalue weighted by atomic mass is 10.0. The average molecular weight is 375 g/mol. The van der Waals surface area contributed by atoms with Crippen molar-refractivity contribution in [2.75, 3.05) is 0 Å². The molecule has 0 saturated heterocycles. The highest BCUT2D eigenvalue weighted by Gasteiger charge is 2.38. The maximum atomic E-state index is 12.7. The van der Waals surface area contributed by atoms with Crippen molar-refractivity contribution in [1.82, 2.24) is 24.9 Å². The second-order valence-corrected chi connectivity index (χ2v) is 5.96. The maximum absolute atomic E-state index is 12.7. The van der Waals surface area contributed by atoms with Crippen molar-refractivity contribution in [1.29, 1.82) is 0 Å². The van der Waals surface area contributed by atoms with Gasteiger partial charge in [0.25, 0.3) is 5.56 Å². The van der Waals surface area contributed by atoms with Crippen LogP contribution in [0.3, 0.4) is 0 Å². The molecule has 0 atom stereocenters. The van der Waals surface area contributed by atoms with Gasteiger partial charge in [0, 0.05) is 36.2 Å². The molecule has 0 spiro atoms. The summed E-state index contributed by atoms with van der Waals surface area (Å²) >= 11 is 0. The fourth-order valence-corrected chi connectivity index (χ4v) is 2.87. The first-order valence-corrected chi connectivity index (χ1v) is 7.85. The van der Waals surface area contributed by atoms with Gasteiger partial charge in [0.15, 0.2) is 0 Å². The number of aromatic nitrogens is 5. The molecule has 0 saturated carbocycles. The summed E-state index contributed by atoms with van der Waals surface area (Å²) in [5.74, 6) is -1.74. The Hall–Kier alpha value is -3.43. The van der Waals surface area contributed by atoms with Crippen LogP contribution in [0.5, 0.6) is 0 Å². The number of aryl methyl sites for hydroxylation is 1. The summed E-state index contributed by atoms with van der Waals surface area (Å²) in [5.41, 5.74) is 1.72. The predicted molar refractivity (Wildman–Crippen MR) is 88.9 cm³/mol. The first kappa shape index (κ1) is 17.0. The summed E-state index contributed by atoms with van der Waals surface area (Å²) < 4.78 is 44.2. The van der Waals surface area contributed by atoms with Gasteiger partial charge in [0.1, 0.15) is 0 Å². The molecule has 0 radical (unpaired) electrons. The Morgan fingerprint density at radius 3 is 2.81 bits per heavy atom. The van der Waals surface area contributed by atoms with E-state index in [1.807, 2.05) is 25.2 Å². The Kier molecular flexibility index (Phi) is 3.83. The van der Waals surface area contributed by atoms with Gasteiger partial charge >= 0.3 is 12.1 Å². The Morgan fingerprint density at radius 1 is 1.26 bits per heavy atom. The van der Waals surface area contributed by atoms with Crippen LogP contribution in [0.2, 0.25) is 0 Å². The molecular weight excluding hydrogens is 363 g/mol. The van der Waals surface area contributed by atoms with Gasteiger partial charge in [-0.2, -0.15) is 23.3 Å². The number of halogens is 3. The predicted octanol–water partition coefficient (Wildman–Crippen LogP) is 2.92. The van der Waals surface area contributed by atoms with Crippen LogP contribution >= 0.6 is 0 Å². The summed E-state index contributed by atoms with van der Waals surface area (Å²) in [7, 11) is 1.82. The third kappa shape index (κ3) is 3.09. The van der Waals surface area contributed by atoms with Crippen LogP contribution in [0.25, 0.3) is 22.3 Å². The van der Waals surface area contributed by atoms with Crippen molar-refractivity contribution >= 4 is 10.9 Å². The minimum atomic E-state index is -4.75. The summed E-state index contributed by atoms with van der Waals surface area (Å²) in [5, 5.41) is 8.43. The number of nitrogens with zero attached hydrogens (tertiary/aromatic N) is 4. The topological polar surface area (TPSA) is 89.6 Å². The fraction of sp³-hybridized carbons (Fsp3) is 0.176. The zero-order valence-electron chi connectivity index (χ0n) is 13.9. The molecule has 0 amide bonds. The molecule has 0 aliphatic carbocycles. The lowest BCUT2D eigenvalue weighted by molar-refractivity contribution is -0.159. The summed E-state index contributed by atoms with van der Waals surface area (Å²) in [4.78, 5) is 18.2. The maximum Gasteiger partial charge on any atom is 0.471 e. The van der Waals surface area contributed by atoms with Crippen LogP contribution in [0.4, 0.5) is 13.2 Å². The van der Waals surface area contributed by atoms with Gasteiger partial charge in [0.05, 0.1) is 11.7 Å². The lowest BCUT2D eigenvalue weighted by Gasteiger charge is -2.06. The van der Waals surface area contributed by atoms with E-state index in [4.69, 9.17) is 0 Å². The number of benzene rings is 1. The molecule has 0 aliphatic heterocycles. The van der Waals surface area contributed by atoms with E-state index in [1.54, 1.807) is 10.9 Å². The van der Waals surface area contributed by atoms with Crippen molar-refractivity contribution in [3.63, 3.8) is 0 Å². The first-order valence-electron chi connectivity index (χ1n) is 7.85. The third-order valence-electron chi connectivity index (χ3n) is 4.16. The summed E-state index contributed by atoms with van der Waals surface area (Å²) in [6.45, 7) is 0. The van der Waals surface area contributed by atoms with E-state index in [-0.39, 0.29) is 23.4 Å². The number of rotatable bonds is 3. The summed E-state index contributed by atoms with van der Waals surface area (Å²) in [6, 6.07) is 7.02. The lowest BCUT2D eigenvalue weighted by Crippen LogP contribution is -2.14. The first-order chi connectivity index (χ1) is 12.8. The highest BCUT2D eigenvalue weighted by Crippen LogP contribution is 2.30. The zero-order valence-corrected chi connectivity index (χ0v) is 13.9. The van der Waals surface area contributed by atoms with E-state index in [0.29, 0.717) is 0 Å². The van der Waals surface area contributed by atoms with Crippen molar-refractivity contribution in [3.05, 3.63) is 64.0 Å². The molecule has 0 bridgehead atoms. The van der Waals surface area contributed by atoms with Gasteiger partial charge in [-0.15, -0.1) is 0 Å². The average Bonchev–Trinajstić information content (AvgIpc) is 3.24. The largest absolute Gasteiger partial charge is 0.471 e. The molecule has 4 aromatic rings. The van der Waals surface area contributed by atoms with Crippen LogP contribution in [0.1, 0.15) is 17.0 Å². The second-order valence-electron chi connectivity index (χ2n) is 5.96. The molecule has 4 rings (SSSR count). The van der Waals surface area contributed by atoms with E-state index in [1.165, 1.54) is 12.3 Å². The molecule has 10 heteroatoms. The fourth-order valence-electron chi connectivity index (χ4n) is 2.87. The highest BCUT2D eigenvalue weighted by molar-refractivity contribution is 5.79. The van der Waals surface area contributed by atoms with E-state index >= 15 is 0 Å². The van der Waals surface area contributed by atoms with Gasteiger partial charge < -0.3 is 9.51 Å². The number of hydrogen-bond acceptors (Lipinski definition) is 5. The second kappa shape index (κ2) is 6.08. The van der Waals surface area contributed by atoms with Crippen molar-refractivity contribution in [2.45, 2.75) is 12.6 Å². The molecule has 0 aliphatic rings. The van der Waals surface area contributed by atoms with E-state index in [2.05, 4.69) is 24.7 Å². The van der Waals surface area contributed by atoms with Gasteiger partial charge in [0.2, 0.25) is 5.82 Å². The molecule has 1 N–H and O–H groups in total. The number of hydrogen-bond donors (Lipinski definition) is 1. The van der Waals surface area contributed by atoms with Crippen LogP contribution in [0.15, 0.2) is 46.0 Å². The van der Waals surface area contributed by atoms with Gasteiger partial charge in [-0.3, -0.25) is 9.48 Å². The molecular formula is C17H12F3N5O2. The molecule has 3 aromatic heterocycles. The molecule has 3 heterocycles. The van der Waals surface area contributed by atoms with E-state index in [9.17, 15) is 18.0 Å². The summed E-state index contributed by atoms with van der Waals surface area (Å²) in [6.07, 6.45) is -1.54. The van der Waals surface area contributed by atoms with Crippen LogP contribution < -0.4 is 5.56 Å². The molecule has 7 nitrogen and oxygen atoms in total. The zero-order chi connectivity index (χ0) is 19.2. The van der Waals surface area contributed by atoms with E-state index < -0.39 is 17.6 Å². The van der Waals surface area contributed by atoms with E-state index in [0.717, 1.165) is 16.5 Å². The molecule has 0 fully saturated rings. The van der Waals surface area contributed by atoms with Gasteiger partial charge in [-0.1, -0.05) is 11.2 Å². The van der Waals surface area contributed by atoms with Crippen LogP contribution in [-0.4, -0.2) is 24.9 Å². The minimum absolute atomic E-state index is 0.185. The smallest absolute Gasteiger partial charge is 0.329 e. The van der Waals surface area contributed by atoms with Crippen molar-refractivity contribution < 1.29 is 17.7 Å². The Balaban J connectivity index is 1.76. The minimum Gasteiger partial charge on any atom is -0.329 e. The molecule has 0 unspecified atom stereocenters. The van der Waals surface area contributed by atoms with Gasteiger partial charge in [-0.05, 0) is 23.8 Å². The van der Waals surface area contributed by atoms with Crippen molar-refractivity contribution in [3.8, 4) is 11.4 Å². The number of pyridine rings is 1. The molecule has 1 aromatic carbocycles. The number of aromatic amines is 1. The normalized spacial score (nSPS) is 12.0. The Bertz CT molecular complexity index is 1190. The van der Waals surface area contributed by atoms with Crippen LogP contribution in [-0.2, 0) is 19.6 Å². The highest BCUT2D eigenvalue weighted by atomic mass is 19.4. The number of H-pyrrole nitrogens is 1. The number of fused-ring (bicyclic) bond motifs is 1. The number of nitrogens with one attached hydrogen (secondary N) is 1. The number of alkyl halides is 3. The monoisotopic (exact) mass is 375 g/mol. The quantitative estimate of drug-likeness (QED) is 0.595. The van der Waals surface area contributed by atoms with Crippen LogP contribution in [0, 0.1) is 0 Å². The molecule has 138 valence electrons.